The van der Waals surface area contributed by atoms with E-state index < -0.39 is 0 Å². The van der Waals surface area contributed by atoms with Gasteiger partial charge < -0.3 is 4.98 Å². The third kappa shape index (κ3) is 1.80. The minimum Gasteiger partial charge on any atom is -0.306 e. The van der Waals surface area contributed by atoms with Crippen molar-refractivity contribution in [1.82, 2.24) is 9.55 Å². The van der Waals surface area contributed by atoms with E-state index in [4.69, 9.17) is 0 Å². The minimum absolute atomic E-state index is 0.0798. The zero-order valence-corrected chi connectivity index (χ0v) is 8.16. The summed E-state index contributed by atoms with van der Waals surface area (Å²) in [4.78, 5) is 14.0. The predicted octanol–water partition coefficient (Wildman–Crippen LogP) is -0.130. The molecule has 70 valence electrons. The summed E-state index contributed by atoms with van der Waals surface area (Å²) >= 11 is 0. The molecule has 0 radical (unpaired) electrons. The normalized spacial score (nSPS) is 14.7. The number of allylic oxidation sites excluding steroid dienone is 2. The molecule has 1 N–H and O–H groups in total. The maximum absolute atomic E-state index is 11.2. The number of hydrogen-bond acceptors (Lipinski definition) is 1. The summed E-state index contributed by atoms with van der Waals surface area (Å²) in [6.45, 7) is 3.84. The van der Waals surface area contributed by atoms with Crippen molar-refractivity contribution in [2.75, 3.05) is 0 Å². The Bertz CT molecular complexity index is 474. The van der Waals surface area contributed by atoms with Gasteiger partial charge in [0.1, 0.15) is 0 Å². The van der Waals surface area contributed by atoms with Crippen molar-refractivity contribution in [2.45, 2.75) is 13.8 Å². The third-order valence-corrected chi connectivity index (χ3v) is 1.92. The second-order valence-electron chi connectivity index (χ2n) is 2.77. The Kier molecular flexibility index (Phi) is 2.90. The first-order valence-corrected chi connectivity index (χ1v) is 4.25. The van der Waals surface area contributed by atoms with Crippen molar-refractivity contribution in [2.24, 2.45) is 7.05 Å². The summed E-state index contributed by atoms with van der Waals surface area (Å²) in [6.07, 6.45) is 7.64. The van der Waals surface area contributed by atoms with Crippen LogP contribution in [0.25, 0.3) is 12.2 Å². The van der Waals surface area contributed by atoms with Crippen LogP contribution in [0.4, 0.5) is 0 Å². The lowest BCUT2D eigenvalue weighted by molar-refractivity contribution is 0.836. The van der Waals surface area contributed by atoms with Crippen LogP contribution in [0.15, 0.2) is 16.9 Å². The number of rotatable bonds is 1. The molecule has 0 bridgehead atoms. The molecule has 3 nitrogen and oxygen atoms in total. The lowest BCUT2D eigenvalue weighted by Crippen LogP contribution is -2.29. The molecule has 1 aromatic rings. The van der Waals surface area contributed by atoms with Gasteiger partial charge in [-0.25, -0.2) is 4.79 Å². The Balaban J connectivity index is 3.61. The average Bonchev–Trinajstić information content (AvgIpc) is 2.40. The molecule has 13 heavy (non-hydrogen) atoms. The Labute approximate surface area is 76.7 Å². The van der Waals surface area contributed by atoms with Crippen LogP contribution in [0.2, 0.25) is 0 Å². The maximum Gasteiger partial charge on any atom is 0.326 e. The summed E-state index contributed by atoms with van der Waals surface area (Å²) in [5.74, 6) is 0. The van der Waals surface area contributed by atoms with Gasteiger partial charge >= 0.3 is 5.69 Å². The number of nitrogens with one attached hydrogen (secondary N) is 1. The Morgan fingerprint density at radius 3 is 2.62 bits per heavy atom. The predicted molar refractivity (Wildman–Crippen MR) is 54.7 cm³/mol. The van der Waals surface area contributed by atoms with Crippen LogP contribution >= 0.6 is 0 Å². The van der Waals surface area contributed by atoms with Gasteiger partial charge in [0.2, 0.25) is 0 Å². The Hall–Kier alpha value is -1.51. The zero-order chi connectivity index (χ0) is 9.84. The van der Waals surface area contributed by atoms with Gasteiger partial charge in [0, 0.05) is 7.05 Å². The van der Waals surface area contributed by atoms with Crippen molar-refractivity contribution < 1.29 is 0 Å². The fourth-order valence-electron chi connectivity index (χ4n) is 1.16. The number of hydrogen-bond donors (Lipinski definition) is 1. The van der Waals surface area contributed by atoms with Crippen LogP contribution in [0.5, 0.6) is 0 Å². The highest BCUT2D eigenvalue weighted by Crippen LogP contribution is 1.69. The number of aromatic nitrogens is 2. The first-order chi connectivity index (χ1) is 6.20. The topological polar surface area (TPSA) is 37.8 Å². The summed E-state index contributed by atoms with van der Waals surface area (Å²) in [5, 5.41) is 1.77. The molecule has 0 saturated carbocycles. The molecule has 0 aliphatic carbocycles. The lowest BCUT2D eigenvalue weighted by atomic mass is 10.4. The van der Waals surface area contributed by atoms with Crippen LogP contribution < -0.4 is 16.4 Å². The molecule has 1 rings (SSSR count). The van der Waals surface area contributed by atoms with Gasteiger partial charge in [-0.05, 0) is 19.9 Å². The van der Waals surface area contributed by atoms with Gasteiger partial charge in [0.05, 0.1) is 10.7 Å². The van der Waals surface area contributed by atoms with Crippen LogP contribution in [-0.4, -0.2) is 9.55 Å². The molecule has 0 saturated heterocycles. The molecule has 1 aromatic heterocycles. The smallest absolute Gasteiger partial charge is 0.306 e. The maximum atomic E-state index is 11.2. The molecule has 3 heteroatoms. The van der Waals surface area contributed by atoms with E-state index in [2.05, 4.69) is 4.98 Å². The van der Waals surface area contributed by atoms with Gasteiger partial charge in [-0.2, -0.15) is 0 Å². The Morgan fingerprint density at radius 1 is 1.38 bits per heavy atom. The molecule has 1 heterocycles. The number of aromatic amines is 1. The van der Waals surface area contributed by atoms with Crippen LogP contribution in [-0.2, 0) is 7.05 Å². The molecular weight excluding hydrogens is 164 g/mol. The zero-order valence-electron chi connectivity index (χ0n) is 8.16. The van der Waals surface area contributed by atoms with Crippen LogP contribution in [0.3, 0.4) is 0 Å². The summed E-state index contributed by atoms with van der Waals surface area (Å²) in [7, 11) is 1.75. The van der Waals surface area contributed by atoms with Crippen molar-refractivity contribution in [3.05, 3.63) is 33.3 Å². The first-order valence-electron chi connectivity index (χ1n) is 4.25. The molecule has 0 aliphatic rings. The van der Waals surface area contributed by atoms with E-state index in [1.165, 1.54) is 0 Å². The highest BCUT2D eigenvalue weighted by atomic mass is 16.1. The van der Waals surface area contributed by atoms with E-state index in [1.54, 1.807) is 11.6 Å². The molecule has 0 spiro atoms. The van der Waals surface area contributed by atoms with Crippen molar-refractivity contribution in [3.63, 3.8) is 0 Å². The van der Waals surface area contributed by atoms with E-state index in [0.717, 1.165) is 10.7 Å². The second kappa shape index (κ2) is 3.94. The fraction of sp³-hybridized carbons (Fsp3) is 0.300. The largest absolute Gasteiger partial charge is 0.326 e. The number of nitrogens with zero attached hydrogens (tertiary/aromatic N) is 1. The summed E-state index contributed by atoms with van der Waals surface area (Å²) in [6, 6.07) is 0. The van der Waals surface area contributed by atoms with E-state index in [-0.39, 0.29) is 5.69 Å². The van der Waals surface area contributed by atoms with Gasteiger partial charge in [0.25, 0.3) is 0 Å². The molecular formula is C10H14N2O. The quantitative estimate of drug-likeness (QED) is 0.639. The van der Waals surface area contributed by atoms with Crippen molar-refractivity contribution >= 4 is 12.2 Å². The van der Waals surface area contributed by atoms with E-state index in [0.29, 0.717) is 0 Å². The summed E-state index contributed by atoms with van der Waals surface area (Å²) < 4.78 is 1.59. The van der Waals surface area contributed by atoms with Crippen molar-refractivity contribution in [1.29, 1.82) is 0 Å². The highest BCUT2D eigenvalue weighted by Gasteiger charge is 1.94. The average molecular weight is 178 g/mol. The lowest BCUT2D eigenvalue weighted by Gasteiger charge is -1.85. The minimum atomic E-state index is -0.0798. The molecule has 0 unspecified atom stereocenters. The van der Waals surface area contributed by atoms with Crippen molar-refractivity contribution in [3.8, 4) is 0 Å². The monoisotopic (exact) mass is 178 g/mol. The van der Waals surface area contributed by atoms with Gasteiger partial charge in [-0.15, -0.1) is 0 Å². The van der Waals surface area contributed by atoms with Crippen LogP contribution in [0, 0.1) is 0 Å². The molecule has 0 aromatic carbocycles. The third-order valence-electron chi connectivity index (χ3n) is 1.92. The van der Waals surface area contributed by atoms with E-state index in [1.807, 2.05) is 38.2 Å². The van der Waals surface area contributed by atoms with E-state index in [9.17, 15) is 4.79 Å². The van der Waals surface area contributed by atoms with Crippen LogP contribution in [0.1, 0.15) is 13.8 Å². The first kappa shape index (κ1) is 9.58. The summed E-state index contributed by atoms with van der Waals surface area (Å²) in [5.41, 5.74) is -0.0798. The highest BCUT2D eigenvalue weighted by molar-refractivity contribution is 5.35. The fourth-order valence-corrected chi connectivity index (χ4v) is 1.16. The molecule has 0 fully saturated rings. The number of imidazole rings is 1. The van der Waals surface area contributed by atoms with Gasteiger partial charge in [-0.3, -0.25) is 4.57 Å². The molecule has 0 atom stereocenters. The SMILES string of the molecule is C\C=C/C=c1\c(=C/C)[nH]c(=O)n1C. The van der Waals surface area contributed by atoms with Gasteiger partial charge in [-0.1, -0.05) is 18.2 Å². The molecule has 0 amide bonds. The molecule has 0 aliphatic heterocycles. The number of H-pyrrole nitrogens is 1. The van der Waals surface area contributed by atoms with E-state index >= 15 is 0 Å². The van der Waals surface area contributed by atoms with Gasteiger partial charge in [0.15, 0.2) is 0 Å². The Morgan fingerprint density at radius 2 is 2.08 bits per heavy atom. The second-order valence-corrected chi connectivity index (χ2v) is 2.77. The standard InChI is InChI=1S/C10H14N2O/c1-4-6-7-9-8(5-2)11-10(13)12(9)3/h4-7H,1-3H3,(H,11,13)/b6-4-,8-5+,9-7+.